The van der Waals surface area contributed by atoms with E-state index in [9.17, 15) is 9.59 Å². The molecule has 1 aromatic carbocycles. The molecule has 0 aliphatic carbocycles. The number of carbonyl (C=O) groups is 2. The summed E-state index contributed by atoms with van der Waals surface area (Å²) in [6.07, 6.45) is 1.00. The van der Waals surface area contributed by atoms with E-state index in [-0.39, 0.29) is 18.2 Å². The van der Waals surface area contributed by atoms with Gasteiger partial charge < -0.3 is 16.2 Å². The summed E-state index contributed by atoms with van der Waals surface area (Å²) in [5.41, 5.74) is 7.54. The molecule has 1 aromatic rings. The van der Waals surface area contributed by atoms with Crippen LogP contribution in [0.3, 0.4) is 0 Å². The van der Waals surface area contributed by atoms with E-state index in [2.05, 4.69) is 5.32 Å². The third-order valence-electron chi connectivity index (χ3n) is 3.19. The highest BCUT2D eigenvalue weighted by Gasteiger charge is 2.09. The van der Waals surface area contributed by atoms with E-state index in [1.807, 2.05) is 31.2 Å². The molecule has 0 aliphatic rings. The first-order valence-corrected chi connectivity index (χ1v) is 6.78. The van der Waals surface area contributed by atoms with Crippen molar-refractivity contribution >= 4 is 11.9 Å². The highest BCUT2D eigenvalue weighted by Crippen LogP contribution is 2.09. The summed E-state index contributed by atoms with van der Waals surface area (Å²) < 4.78 is 0. The summed E-state index contributed by atoms with van der Waals surface area (Å²) in [5, 5.41) is 11.4. The van der Waals surface area contributed by atoms with Crippen LogP contribution >= 0.6 is 0 Å². The Kier molecular flexibility index (Phi) is 6.73. The average Bonchev–Trinajstić information content (AvgIpc) is 2.43. The first-order valence-electron chi connectivity index (χ1n) is 6.78. The van der Waals surface area contributed by atoms with Crippen LogP contribution in [0, 0.1) is 5.92 Å². The SMILES string of the molecule is CC(CCC(=O)O)CNC(=O)Cc1ccccc1CN. The Hall–Kier alpha value is -1.88. The van der Waals surface area contributed by atoms with E-state index in [0.717, 1.165) is 11.1 Å². The van der Waals surface area contributed by atoms with Crippen molar-refractivity contribution in [1.82, 2.24) is 5.32 Å². The van der Waals surface area contributed by atoms with Crippen LogP contribution in [0.25, 0.3) is 0 Å². The van der Waals surface area contributed by atoms with Crippen LogP contribution in [0.4, 0.5) is 0 Å². The van der Waals surface area contributed by atoms with Crippen LogP contribution < -0.4 is 11.1 Å². The van der Waals surface area contributed by atoms with Crippen LogP contribution in [-0.2, 0) is 22.6 Å². The highest BCUT2D eigenvalue weighted by molar-refractivity contribution is 5.78. The van der Waals surface area contributed by atoms with Crippen molar-refractivity contribution in [1.29, 1.82) is 0 Å². The largest absolute Gasteiger partial charge is 0.481 e. The lowest BCUT2D eigenvalue weighted by Gasteiger charge is -2.12. The fourth-order valence-corrected chi connectivity index (χ4v) is 1.92. The molecule has 1 amide bonds. The summed E-state index contributed by atoms with van der Waals surface area (Å²) in [4.78, 5) is 22.3. The van der Waals surface area contributed by atoms with Gasteiger partial charge in [0.1, 0.15) is 0 Å². The van der Waals surface area contributed by atoms with E-state index < -0.39 is 5.97 Å². The molecular formula is C15H22N2O3. The Balaban J connectivity index is 2.38. The lowest BCUT2D eigenvalue weighted by molar-refractivity contribution is -0.137. The van der Waals surface area contributed by atoms with Gasteiger partial charge >= 0.3 is 5.97 Å². The predicted molar refractivity (Wildman–Crippen MR) is 77.1 cm³/mol. The van der Waals surface area contributed by atoms with Gasteiger partial charge in [0.15, 0.2) is 0 Å². The Morgan fingerprint density at radius 2 is 1.95 bits per heavy atom. The molecule has 0 radical (unpaired) electrons. The number of carboxylic acid groups (broad SMARTS) is 1. The summed E-state index contributed by atoms with van der Waals surface area (Å²) in [5.74, 6) is -0.715. The van der Waals surface area contributed by atoms with Crippen molar-refractivity contribution in [2.24, 2.45) is 11.7 Å². The van der Waals surface area contributed by atoms with E-state index in [4.69, 9.17) is 10.8 Å². The fraction of sp³-hybridized carbons (Fsp3) is 0.467. The van der Waals surface area contributed by atoms with Crippen LogP contribution in [0.15, 0.2) is 24.3 Å². The van der Waals surface area contributed by atoms with E-state index >= 15 is 0 Å². The van der Waals surface area contributed by atoms with Crippen LogP contribution in [-0.4, -0.2) is 23.5 Å². The van der Waals surface area contributed by atoms with Gasteiger partial charge in [-0.25, -0.2) is 0 Å². The molecular weight excluding hydrogens is 256 g/mol. The number of rotatable bonds is 8. The number of nitrogens with two attached hydrogens (primary N) is 1. The molecule has 110 valence electrons. The number of hydrogen-bond donors (Lipinski definition) is 3. The minimum Gasteiger partial charge on any atom is -0.481 e. The number of aliphatic carboxylic acids is 1. The number of nitrogens with one attached hydrogen (secondary N) is 1. The smallest absolute Gasteiger partial charge is 0.303 e. The standard InChI is InChI=1S/C15H22N2O3/c1-11(6-7-15(19)20)10-17-14(18)8-12-4-2-3-5-13(12)9-16/h2-5,11H,6-10,16H2,1H3,(H,17,18)(H,19,20). The van der Waals surface area contributed by atoms with Gasteiger partial charge in [-0.1, -0.05) is 31.2 Å². The molecule has 5 heteroatoms. The molecule has 1 rings (SSSR count). The lowest BCUT2D eigenvalue weighted by atomic mass is 10.0. The van der Waals surface area contributed by atoms with Crippen LogP contribution in [0.2, 0.25) is 0 Å². The monoisotopic (exact) mass is 278 g/mol. The van der Waals surface area contributed by atoms with Crippen molar-refractivity contribution in [3.8, 4) is 0 Å². The molecule has 0 spiro atoms. The molecule has 0 fully saturated rings. The summed E-state index contributed by atoms with van der Waals surface area (Å²) >= 11 is 0. The van der Waals surface area contributed by atoms with E-state index in [1.54, 1.807) is 0 Å². The van der Waals surface area contributed by atoms with Crippen LogP contribution in [0.1, 0.15) is 30.9 Å². The van der Waals surface area contributed by atoms with Gasteiger partial charge in [-0.3, -0.25) is 9.59 Å². The van der Waals surface area contributed by atoms with Crippen molar-refractivity contribution in [2.75, 3.05) is 6.54 Å². The minimum absolute atomic E-state index is 0.0620. The Labute approximate surface area is 119 Å². The zero-order valence-electron chi connectivity index (χ0n) is 11.8. The fourth-order valence-electron chi connectivity index (χ4n) is 1.92. The number of carbonyl (C=O) groups excluding carboxylic acids is 1. The second-order valence-corrected chi connectivity index (χ2v) is 4.99. The van der Waals surface area contributed by atoms with Crippen molar-refractivity contribution < 1.29 is 14.7 Å². The lowest BCUT2D eigenvalue weighted by Crippen LogP contribution is -2.30. The predicted octanol–water partition coefficient (Wildman–Crippen LogP) is 1.30. The van der Waals surface area contributed by atoms with Gasteiger partial charge in [-0.15, -0.1) is 0 Å². The summed E-state index contributed by atoms with van der Waals surface area (Å²) in [7, 11) is 0. The number of amides is 1. The molecule has 0 heterocycles. The molecule has 0 aliphatic heterocycles. The number of hydrogen-bond acceptors (Lipinski definition) is 3. The van der Waals surface area contributed by atoms with Gasteiger partial charge in [-0.2, -0.15) is 0 Å². The molecule has 0 saturated carbocycles. The second kappa shape index (κ2) is 8.32. The average molecular weight is 278 g/mol. The van der Waals surface area contributed by atoms with Gasteiger partial charge in [0, 0.05) is 19.5 Å². The van der Waals surface area contributed by atoms with Crippen molar-refractivity contribution in [3.63, 3.8) is 0 Å². The zero-order chi connectivity index (χ0) is 15.0. The molecule has 1 unspecified atom stereocenters. The maximum Gasteiger partial charge on any atom is 0.303 e. The highest BCUT2D eigenvalue weighted by atomic mass is 16.4. The molecule has 20 heavy (non-hydrogen) atoms. The number of carboxylic acids is 1. The van der Waals surface area contributed by atoms with Crippen molar-refractivity contribution in [3.05, 3.63) is 35.4 Å². The number of benzene rings is 1. The quantitative estimate of drug-likeness (QED) is 0.668. The normalized spacial score (nSPS) is 11.9. The van der Waals surface area contributed by atoms with Gasteiger partial charge in [-0.05, 0) is 23.5 Å². The van der Waals surface area contributed by atoms with E-state index in [0.29, 0.717) is 25.9 Å². The summed E-state index contributed by atoms with van der Waals surface area (Å²) in [6.45, 7) is 2.84. The third kappa shape index (κ3) is 5.84. The molecule has 0 bridgehead atoms. The Morgan fingerprint density at radius 3 is 2.55 bits per heavy atom. The third-order valence-corrected chi connectivity index (χ3v) is 3.19. The van der Waals surface area contributed by atoms with Gasteiger partial charge in [0.05, 0.1) is 6.42 Å². The van der Waals surface area contributed by atoms with Gasteiger partial charge in [0.25, 0.3) is 0 Å². The first kappa shape index (κ1) is 16.2. The Bertz CT molecular complexity index is 460. The molecule has 4 N–H and O–H groups in total. The summed E-state index contributed by atoms with van der Waals surface area (Å²) in [6, 6.07) is 7.60. The maximum absolute atomic E-state index is 11.9. The van der Waals surface area contributed by atoms with Crippen LogP contribution in [0.5, 0.6) is 0 Å². The van der Waals surface area contributed by atoms with E-state index in [1.165, 1.54) is 0 Å². The Morgan fingerprint density at radius 1 is 1.30 bits per heavy atom. The molecule has 5 nitrogen and oxygen atoms in total. The van der Waals surface area contributed by atoms with Crippen molar-refractivity contribution in [2.45, 2.75) is 32.7 Å². The van der Waals surface area contributed by atoms with Gasteiger partial charge in [0.2, 0.25) is 5.91 Å². The minimum atomic E-state index is -0.806. The molecule has 0 saturated heterocycles. The first-order chi connectivity index (χ1) is 9.52. The molecule has 1 atom stereocenters. The topological polar surface area (TPSA) is 92.4 Å². The second-order valence-electron chi connectivity index (χ2n) is 4.99. The molecule has 0 aromatic heterocycles. The zero-order valence-corrected chi connectivity index (χ0v) is 11.8. The maximum atomic E-state index is 11.9.